The first-order valence-corrected chi connectivity index (χ1v) is 9.20. The molecule has 1 nitrogen and oxygen atoms in total. The second-order valence-corrected chi connectivity index (χ2v) is 7.67. The summed E-state index contributed by atoms with van der Waals surface area (Å²) in [5.41, 5.74) is 0.742. The lowest BCUT2D eigenvalue weighted by Gasteiger charge is -2.19. The average molecular weight is 425 g/mol. The molecule has 31 heavy (non-hydrogen) atoms. The van der Waals surface area contributed by atoms with Crippen LogP contribution in [0.25, 0.3) is 0 Å². The van der Waals surface area contributed by atoms with Crippen LogP contribution < -0.4 is 0 Å². The minimum absolute atomic E-state index is 0.213. The van der Waals surface area contributed by atoms with Crippen LogP contribution in [0.5, 0.6) is 0 Å². The van der Waals surface area contributed by atoms with Crippen LogP contribution in [0.15, 0.2) is 42.6 Å². The lowest BCUT2D eigenvalue weighted by Crippen LogP contribution is -2.11. The summed E-state index contributed by atoms with van der Waals surface area (Å²) < 4.78 is 68.0. The molecule has 0 spiro atoms. The summed E-state index contributed by atoms with van der Waals surface area (Å²) in [6.45, 7) is 6.00. The molecular weight excluding hydrogens is 409 g/mol. The molecule has 0 atom stereocenters. The second kappa shape index (κ2) is 8.62. The van der Waals surface area contributed by atoms with E-state index in [1.165, 1.54) is 0 Å². The first-order valence-electron chi connectivity index (χ1n) is 9.20. The number of nitrogens with zero attached hydrogens (tertiary/aromatic N) is 1. The molecule has 156 valence electrons. The van der Waals surface area contributed by atoms with Gasteiger partial charge in [0.1, 0.15) is 11.3 Å². The molecule has 0 aliphatic heterocycles. The van der Waals surface area contributed by atoms with Gasteiger partial charge in [0, 0.05) is 17.3 Å². The van der Waals surface area contributed by atoms with E-state index in [-0.39, 0.29) is 11.0 Å². The Morgan fingerprint density at radius 1 is 0.677 bits per heavy atom. The summed E-state index contributed by atoms with van der Waals surface area (Å²) in [5.74, 6) is 0.116. The fourth-order valence-electron chi connectivity index (χ4n) is 2.64. The highest BCUT2D eigenvalue weighted by Gasteiger charge is 2.24. The molecule has 0 N–H and O–H groups in total. The van der Waals surface area contributed by atoms with Crippen LogP contribution in [0.2, 0.25) is 0 Å². The van der Waals surface area contributed by atoms with E-state index in [0.717, 1.165) is 5.56 Å². The van der Waals surface area contributed by atoms with Gasteiger partial charge in [0.05, 0.1) is 0 Å². The predicted octanol–water partition coefficient (Wildman–Crippen LogP) is 5.87. The number of hydrogen-bond donors (Lipinski definition) is 0. The molecule has 1 heterocycles. The van der Waals surface area contributed by atoms with Crippen LogP contribution in [0.3, 0.4) is 0 Å². The zero-order chi connectivity index (χ0) is 22.8. The van der Waals surface area contributed by atoms with Crippen LogP contribution in [0.4, 0.5) is 22.0 Å². The fourth-order valence-corrected chi connectivity index (χ4v) is 2.64. The number of halogens is 5. The third kappa shape index (κ3) is 4.75. The van der Waals surface area contributed by atoms with E-state index in [0.29, 0.717) is 11.3 Å². The maximum atomic E-state index is 13.9. The highest BCUT2D eigenvalue weighted by Crippen LogP contribution is 2.25. The van der Waals surface area contributed by atoms with Crippen LogP contribution in [-0.4, -0.2) is 4.98 Å². The van der Waals surface area contributed by atoms with Gasteiger partial charge in [-0.1, -0.05) is 50.7 Å². The minimum atomic E-state index is -2.23. The first-order chi connectivity index (χ1) is 14.6. The Balaban J connectivity index is 2.15. The van der Waals surface area contributed by atoms with Crippen LogP contribution in [0, 0.1) is 52.8 Å². The van der Waals surface area contributed by atoms with E-state index in [2.05, 4.69) is 28.7 Å². The smallest absolute Gasteiger partial charge is 0.200 e. The molecular formula is C25H16F5N. The third-order valence-corrected chi connectivity index (χ3v) is 4.41. The molecule has 1 aromatic heterocycles. The summed E-state index contributed by atoms with van der Waals surface area (Å²) in [6.07, 6.45) is 1.58. The molecule has 0 fully saturated rings. The molecule has 0 bridgehead atoms. The zero-order valence-corrected chi connectivity index (χ0v) is 16.9. The third-order valence-electron chi connectivity index (χ3n) is 4.41. The SMILES string of the molecule is CC(C)(C)c1ccc(C#Cc2c(F)c(F)c(F)c(F)c2F)c(C#Cc2ccccn2)c1. The number of rotatable bonds is 0. The Morgan fingerprint density at radius 2 is 1.29 bits per heavy atom. The van der Waals surface area contributed by atoms with Gasteiger partial charge in [-0.3, -0.25) is 0 Å². The lowest BCUT2D eigenvalue weighted by atomic mass is 9.85. The van der Waals surface area contributed by atoms with Crippen LogP contribution in [-0.2, 0) is 5.41 Å². The van der Waals surface area contributed by atoms with Crippen molar-refractivity contribution in [3.05, 3.63) is 99.6 Å². The molecule has 2 aromatic carbocycles. The van der Waals surface area contributed by atoms with Crippen molar-refractivity contribution < 1.29 is 22.0 Å². The van der Waals surface area contributed by atoms with Crippen molar-refractivity contribution in [1.82, 2.24) is 4.98 Å². The molecule has 0 unspecified atom stereocenters. The molecule has 0 aliphatic carbocycles. The standard InChI is InChI=1S/C25H16F5N/c1-25(2,3)17-10-7-15(16(14-17)8-11-18-6-4-5-13-31-18)9-12-19-20(26)22(28)24(30)23(29)21(19)27/h4-7,10,13-14H,1-3H3. The topological polar surface area (TPSA) is 12.9 Å². The van der Waals surface area contributed by atoms with Crippen molar-refractivity contribution in [2.45, 2.75) is 26.2 Å². The largest absolute Gasteiger partial charge is 0.248 e. The normalized spacial score (nSPS) is 10.7. The van der Waals surface area contributed by atoms with Gasteiger partial charge < -0.3 is 0 Å². The highest BCUT2D eigenvalue weighted by molar-refractivity contribution is 5.56. The lowest BCUT2D eigenvalue weighted by molar-refractivity contribution is 0.376. The summed E-state index contributed by atoms with van der Waals surface area (Å²) >= 11 is 0. The van der Waals surface area contributed by atoms with E-state index in [1.54, 1.807) is 42.6 Å². The monoisotopic (exact) mass is 425 g/mol. The molecule has 3 aromatic rings. The van der Waals surface area contributed by atoms with Crippen molar-refractivity contribution in [1.29, 1.82) is 0 Å². The number of aromatic nitrogens is 1. The molecule has 0 saturated carbocycles. The van der Waals surface area contributed by atoms with Gasteiger partial charge in [-0.15, -0.1) is 0 Å². The Morgan fingerprint density at radius 3 is 1.87 bits per heavy atom. The van der Waals surface area contributed by atoms with Gasteiger partial charge in [-0.2, -0.15) is 0 Å². The Bertz CT molecular complexity index is 1240. The van der Waals surface area contributed by atoms with Crippen molar-refractivity contribution in [3.8, 4) is 23.7 Å². The molecule has 6 heteroatoms. The molecule has 0 radical (unpaired) electrons. The van der Waals surface area contributed by atoms with Gasteiger partial charge >= 0.3 is 0 Å². The van der Waals surface area contributed by atoms with Gasteiger partial charge in [-0.25, -0.2) is 26.9 Å². The first kappa shape index (κ1) is 22.1. The van der Waals surface area contributed by atoms with Crippen molar-refractivity contribution in [2.24, 2.45) is 0 Å². The van der Waals surface area contributed by atoms with E-state index in [4.69, 9.17) is 0 Å². The summed E-state index contributed by atoms with van der Waals surface area (Å²) in [5, 5.41) is 0. The predicted molar refractivity (Wildman–Crippen MR) is 108 cm³/mol. The van der Waals surface area contributed by atoms with E-state index in [1.807, 2.05) is 20.8 Å². The molecule has 3 rings (SSSR count). The number of pyridine rings is 1. The maximum Gasteiger partial charge on any atom is 0.200 e. The summed E-state index contributed by atoms with van der Waals surface area (Å²) in [6, 6.07) is 10.4. The van der Waals surface area contributed by atoms with Gasteiger partial charge in [0.2, 0.25) is 5.82 Å². The van der Waals surface area contributed by atoms with E-state index in [9.17, 15) is 22.0 Å². The van der Waals surface area contributed by atoms with Crippen molar-refractivity contribution in [2.75, 3.05) is 0 Å². The van der Waals surface area contributed by atoms with E-state index >= 15 is 0 Å². The maximum absolute atomic E-state index is 13.9. The van der Waals surface area contributed by atoms with Crippen molar-refractivity contribution >= 4 is 0 Å². The average Bonchev–Trinajstić information content (AvgIpc) is 2.75. The minimum Gasteiger partial charge on any atom is -0.248 e. The van der Waals surface area contributed by atoms with E-state index < -0.39 is 34.6 Å². The molecule has 0 amide bonds. The second-order valence-electron chi connectivity index (χ2n) is 7.67. The Hall–Kier alpha value is -3.64. The highest BCUT2D eigenvalue weighted by atomic mass is 19.2. The number of benzene rings is 2. The van der Waals surface area contributed by atoms with Crippen LogP contribution >= 0.6 is 0 Å². The van der Waals surface area contributed by atoms with Crippen molar-refractivity contribution in [3.63, 3.8) is 0 Å². The Kier molecular flexibility index (Phi) is 6.13. The Labute approximate surface area is 177 Å². The quantitative estimate of drug-likeness (QED) is 0.190. The van der Waals surface area contributed by atoms with Gasteiger partial charge in [0.25, 0.3) is 0 Å². The molecule has 0 saturated heterocycles. The fraction of sp³-hybridized carbons (Fsp3) is 0.160. The summed E-state index contributed by atoms with van der Waals surface area (Å²) in [7, 11) is 0. The zero-order valence-electron chi connectivity index (χ0n) is 16.9. The van der Waals surface area contributed by atoms with Crippen LogP contribution in [0.1, 0.15) is 48.7 Å². The van der Waals surface area contributed by atoms with Gasteiger partial charge in [0.15, 0.2) is 23.3 Å². The number of hydrogen-bond acceptors (Lipinski definition) is 1. The van der Waals surface area contributed by atoms with Gasteiger partial charge in [-0.05, 0) is 41.2 Å². The summed E-state index contributed by atoms with van der Waals surface area (Å²) in [4.78, 5) is 4.11. The molecule has 0 aliphatic rings.